The van der Waals surface area contributed by atoms with Gasteiger partial charge in [0.25, 0.3) is 5.91 Å². The molecule has 0 aliphatic carbocycles. The maximum atomic E-state index is 12.7. The standard InChI is InChI=1S/C16H19NO3/c1-9-3-5-12(10(2)7-9)15(18)17-11-4-6-14(17)13(8-11)16(19)20/h3,5,7,11,13-14H,4,6,8H2,1-2H3,(H,19,20). The van der Waals surface area contributed by atoms with Gasteiger partial charge in [0.05, 0.1) is 5.92 Å². The van der Waals surface area contributed by atoms with Crippen LogP contribution in [0, 0.1) is 19.8 Å². The van der Waals surface area contributed by atoms with Gasteiger partial charge in [0, 0.05) is 17.6 Å². The molecule has 0 spiro atoms. The van der Waals surface area contributed by atoms with E-state index in [9.17, 15) is 14.7 Å². The highest BCUT2D eigenvalue weighted by Crippen LogP contribution is 2.42. The third-order valence-electron chi connectivity index (χ3n) is 4.70. The Kier molecular flexibility index (Phi) is 3.04. The number of aliphatic carboxylic acids is 1. The smallest absolute Gasteiger partial charge is 0.308 e. The molecule has 0 saturated carbocycles. The quantitative estimate of drug-likeness (QED) is 0.900. The van der Waals surface area contributed by atoms with E-state index < -0.39 is 5.97 Å². The first-order chi connectivity index (χ1) is 9.49. The van der Waals surface area contributed by atoms with Crippen LogP contribution in [0.25, 0.3) is 0 Å². The predicted octanol–water partition coefficient (Wildman–Crippen LogP) is 2.38. The second-order valence-electron chi connectivity index (χ2n) is 6.01. The summed E-state index contributed by atoms with van der Waals surface area (Å²) in [5, 5.41) is 9.26. The van der Waals surface area contributed by atoms with Gasteiger partial charge in [0.1, 0.15) is 0 Å². The number of carboxylic acids is 1. The van der Waals surface area contributed by atoms with E-state index in [4.69, 9.17) is 0 Å². The van der Waals surface area contributed by atoms with Gasteiger partial charge in [-0.15, -0.1) is 0 Å². The van der Waals surface area contributed by atoms with Crippen molar-refractivity contribution in [1.29, 1.82) is 0 Å². The summed E-state index contributed by atoms with van der Waals surface area (Å²) in [4.78, 5) is 25.8. The van der Waals surface area contributed by atoms with Gasteiger partial charge in [0.2, 0.25) is 0 Å². The summed E-state index contributed by atoms with van der Waals surface area (Å²) >= 11 is 0. The molecule has 0 radical (unpaired) electrons. The number of rotatable bonds is 2. The molecule has 2 heterocycles. The zero-order valence-corrected chi connectivity index (χ0v) is 11.8. The number of nitrogens with zero attached hydrogens (tertiary/aromatic N) is 1. The number of carbonyl (C=O) groups is 2. The van der Waals surface area contributed by atoms with Gasteiger partial charge in [0.15, 0.2) is 0 Å². The van der Waals surface area contributed by atoms with Crippen molar-refractivity contribution in [3.63, 3.8) is 0 Å². The maximum Gasteiger partial charge on any atom is 0.308 e. The lowest BCUT2D eigenvalue weighted by atomic mass is 9.89. The highest BCUT2D eigenvalue weighted by molar-refractivity contribution is 5.97. The molecule has 1 amide bonds. The van der Waals surface area contributed by atoms with Gasteiger partial charge < -0.3 is 10.0 Å². The average Bonchev–Trinajstić information content (AvgIpc) is 2.95. The van der Waals surface area contributed by atoms with Crippen molar-refractivity contribution in [2.45, 2.75) is 45.2 Å². The number of aryl methyl sites for hydroxylation is 2. The SMILES string of the molecule is Cc1ccc(C(=O)N2C3CCC2C(C(=O)O)C3)c(C)c1. The third kappa shape index (κ3) is 1.90. The van der Waals surface area contributed by atoms with Gasteiger partial charge in [-0.2, -0.15) is 0 Å². The van der Waals surface area contributed by atoms with Crippen LogP contribution in [0.5, 0.6) is 0 Å². The fraction of sp³-hybridized carbons (Fsp3) is 0.500. The minimum Gasteiger partial charge on any atom is -0.481 e. The van der Waals surface area contributed by atoms with Crippen LogP contribution in [-0.4, -0.2) is 34.0 Å². The van der Waals surface area contributed by atoms with Crippen molar-refractivity contribution in [1.82, 2.24) is 4.90 Å². The van der Waals surface area contributed by atoms with Crippen LogP contribution < -0.4 is 0 Å². The predicted molar refractivity (Wildman–Crippen MR) is 74.6 cm³/mol. The molecule has 20 heavy (non-hydrogen) atoms. The molecule has 4 heteroatoms. The minimum absolute atomic E-state index is 0.00116. The molecular weight excluding hydrogens is 254 g/mol. The fourth-order valence-corrected chi connectivity index (χ4v) is 3.76. The lowest BCUT2D eigenvalue weighted by Gasteiger charge is -2.24. The van der Waals surface area contributed by atoms with Gasteiger partial charge in [-0.05, 0) is 44.7 Å². The van der Waals surface area contributed by atoms with E-state index in [-0.39, 0.29) is 23.9 Å². The van der Waals surface area contributed by atoms with Crippen molar-refractivity contribution in [3.8, 4) is 0 Å². The van der Waals surface area contributed by atoms with E-state index in [1.165, 1.54) is 0 Å². The van der Waals surface area contributed by atoms with E-state index in [2.05, 4.69) is 0 Å². The fourth-order valence-electron chi connectivity index (χ4n) is 3.76. The number of benzene rings is 1. The largest absolute Gasteiger partial charge is 0.481 e. The van der Waals surface area contributed by atoms with Crippen LogP contribution in [0.15, 0.2) is 18.2 Å². The molecule has 2 bridgehead atoms. The van der Waals surface area contributed by atoms with Gasteiger partial charge in [-0.25, -0.2) is 0 Å². The first kappa shape index (κ1) is 13.2. The molecule has 1 aromatic rings. The molecular formula is C16H19NO3. The van der Waals surface area contributed by atoms with Gasteiger partial charge in [-0.3, -0.25) is 9.59 Å². The Morgan fingerprint density at radius 2 is 2.00 bits per heavy atom. The topological polar surface area (TPSA) is 57.6 Å². The molecule has 3 unspecified atom stereocenters. The molecule has 1 aromatic carbocycles. The monoisotopic (exact) mass is 273 g/mol. The van der Waals surface area contributed by atoms with Crippen molar-refractivity contribution in [2.75, 3.05) is 0 Å². The number of carbonyl (C=O) groups excluding carboxylic acids is 1. The zero-order chi connectivity index (χ0) is 14.4. The molecule has 2 saturated heterocycles. The second kappa shape index (κ2) is 4.62. The molecule has 3 atom stereocenters. The average molecular weight is 273 g/mol. The minimum atomic E-state index is -0.768. The number of fused-ring (bicyclic) bond motifs is 2. The highest BCUT2D eigenvalue weighted by atomic mass is 16.4. The molecule has 0 aromatic heterocycles. The molecule has 4 nitrogen and oxygen atoms in total. The highest BCUT2D eigenvalue weighted by Gasteiger charge is 2.51. The summed E-state index contributed by atoms with van der Waals surface area (Å²) < 4.78 is 0. The Morgan fingerprint density at radius 3 is 2.60 bits per heavy atom. The Labute approximate surface area is 118 Å². The number of hydrogen-bond donors (Lipinski definition) is 1. The lowest BCUT2D eigenvalue weighted by Crippen LogP contribution is -2.38. The van der Waals surface area contributed by atoms with Crippen LogP contribution in [0.2, 0.25) is 0 Å². The Balaban J connectivity index is 1.90. The van der Waals surface area contributed by atoms with Crippen molar-refractivity contribution >= 4 is 11.9 Å². The number of carboxylic acid groups (broad SMARTS) is 1. The summed E-state index contributed by atoms with van der Waals surface area (Å²) in [5.41, 5.74) is 2.80. The van der Waals surface area contributed by atoms with E-state index in [1.807, 2.05) is 36.9 Å². The lowest BCUT2D eigenvalue weighted by molar-refractivity contribution is -0.142. The molecule has 106 valence electrons. The van der Waals surface area contributed by atoms with E-state index in [0.717, 1.165) is 24.0 Å². The molecule has 2 aliphatic rings. The van der Waals surface area contributed by atoms with Gasteiger partial charge >= 0.3 is 5.97 Å². The number of amides is 1. The number of hydrogen-bond acceptors (Lipinski definition) is 2. The van der Waals surface area contributed by atoms with Gasteiger partial charge in [-0.1, -0.05) is 17.7 Å². The summed E-state index contributed by atoms with van der Waals surface area (Å²) in [5.74, 6) is -1.15. The molecule has 1 N–H and O–H groups in total. The summed E-state index contributed by atoms with van der Waals surface area (Å²) in [6.45, 7) is 3.94. The summed E-state index contributed by atoms with van der Waals surface area (Å²) in [6, 6.07) is 5.79. The normalized spacial score (nSPS) is 27.9. The summed E-state index contributed by atoms with van der Waals surface area (Å²) in [7, 11) is 0. The van der Waals surface area contributed by atoms with Crippen molar-refractivity contribution in [2.24, 2.45) is 5.92 Å². The maximum absolute atomic E-state index is 12.7. The Morgan fingerprint density at radius 1 is 1.25 bits per heavy atom. The van der Waals surface area contributed by atoms with Crippen LogP contribution in [0.4, 0.5) is 0 Å². The first-order valence-corrected chi connectivity index (χ1v) is 7.11. The zero-order valence-electron chi connectivity index (χ0n) is 11.8. The van der Waals surface area contributed by atoms with Crippen LogP contribution in [0.1, 0.15) is 40.7 Å². The summed E-state index contributed by atoms with van der Waals surface area (Å²) in [6.07, 6.45) is 2.36. The van der Waals surface area contributed by atoms with Crippen LogP contribution >= 0.6 is 0 Å². The van der Waals surface area contributed by atoms with E-state index in [0.29, 0.717) is 12.0 Å². The Bertz CT molecular complexity index is 581. The first-order valence-electron chi connectivity index (χ1n) is 7.11. The van der Waals surface area contributed by atoms with Crippen molar-refractivity contribution < 1.29 is 14.7 Å². The molecule has 2 fully saturated rings. The van der Waals surface area contributed by atoms with E-state index >= 15 is 0 Å². The van der Waals surface area contributed by atoms with E-state index in [1.54, 1.807) is 0 Å². The molecule has 2 aliphatic heterocycles. The van der Waals surface area contributed by atoms with Crippen LogP contribution in [0.3, 0.4) is 0 Å². The Hall–Kier alpha value is -1.84. The van der Waals surface area contributed by atoms with Crippen molar-refractivity contribution in [3.05, 3.63) is 34.9 Å². The molecule has 3 rings (SSSR count). The van der Waals surface area contributed by atoms with Crippen LogP contribution in [-0.2, 0) is 4.79 Å². The third-order valence-corrected chi connectivity index (χ3v) is 4.70. The second-order valence-corrected chi connectivity index (χ2v) is 6.01.